The molecule has 2 rings (SSSR count). The number of aliphatic hydroxyl groups is 2. The molecule has 0 bridgehead atoms. The van der Waals surface area contributed by atoms with E-state index in [-0.39, 0.29) is 13.1 Å². The maximum Gasteiger partial charge on any atom is 0.329 e. The van der Waals surface area contributed by atoms with Crippen LogP contribution in [0.5, 0.6) is 0 Å². The van der Waals surface area contributed by atoms with Gasteiger partial charge in [-0.25, -0.2) is 9.59 Å². The molecule has 10 nitrogen and oxygen atoms in total. The number of rotatable bonds is 7. The van der Waals surface area contributed by atoms with Gasteiger partial charge in [-0.2, -0.15) is 0 Å². The van der Waals surface area contributed by atoms with Gasteiger partial charge in [0, 0.05) is 13.1 Å². The lowest BCUT2D eigenvalue weighted by atomic mass is 10.0. The van der Waals surface area contributed by atoms with Gasteiger partial charge < -0.3 is 10.2 Å². The molecule has 26 heavy (non-hydrogen) atoms. The van der Waals surface area contributed by atoms with E-state index in [0.717, 1.165) is 19.6 Å². The van der Waals surface area contributed by atoms with Crippen LogP contribution in [0.2, 0.25) is 0 Å². The van der Waals surface area contributed by atoms with Crippen molar-refractivity contribution in [3.05, 3.63) is 0 Å². The molecule has 10 heteroatoms. The number of carbonyl (C=O) groups excluding carboxylic acids is 4. The summed E-state index contributed by atoms with van der Waals surface area (Å²) in [6.07, 6.45) is 0.812. The summed E-state index contributed by atoms with van der Waals surface area (Å²) < 4.78 is 0. The highest BCUT2D eigenvalue weighted by molar-refractivity contribution is 6.07. The third-order valence-corrected chi connectivity index (χ3v) is 5.11. The highest BCUT2D eigenvalue weighted by Crippen LogP contribution is 2.28. The van der Waals surface area contributed by atoms with Crippen molar-refractivity contribution in [3.8, 4) is 0 Å². The first-order valence-electron chi connectivity index (χ1n) is 8.50. The normalized spacial score (nSPS) is 22.2. The monoisotopic (exact) mass is 370 g/mol. The Kier molecular flexibility index (Phi) is 5.29. The lowest BCUT2D eigenvalue weighted by Crippen LogP contribution is -2.44. The number of carbonyl (C=O) groups is 4. The van der Waals surface area contributed by atoms with E-state index >= 15 is 0 Å². The van der Waals surface area contributed by atoms with Crippen LogP contribution < -0.4 is 0 Å². The smallest absolute Gasteiger partial charge is 0.329 e. The first kappa shape index (κ1) is 20.1. The first-order valence-corrected chi connectivity index (χ1v) is 8.50. The molecule has 0 aromatic heterocycles. The van der Waals surface area contributed by atoms with Crippen molar-refractivity contribution in [1.82, 2.24) is 19.6 Å². The van der Waals surface area contributed by atoms with Crippen molar-refractivity contribution in [2.45, 2.75) is 51.6 Å². The molecule has 0 atom stereocenters. The Balaban J connectivity index is 1.92. The Labute approximate surface area is 151 Å². The van der Waals surface area contributed by atoms with Gasteiger partial charge in [-0.15, -0.1) is 0 Å². The summed E-state index contributed by atoms with van der Waals surface area (Å²) in [5, 5.41) is 18.6. The molecule has 0 unspecified atom stereocenters. The van der Waals surface area contributed by atoms with Crippen LogP contribution >= 0.6 is 0 Å². The van der Waals surface area contributed by atoms with Crippen molar-refractivity contribution in [3.63, 3.8) is 0 Å². The van der Waals surface area contributed by atoms with Crippen molar-refractivity contribution in [2.24, 2.45) is 0 Å². The molecule has 2 N–H and O–H groups in total. The average molecular weight is 370 g/mol. The SMILES string of the molecule is CC1(C)C(=O)N(CCCCN2C(=O)N(CO)C(C)(C)C2=O)C(=O)N1CO. The second-order valence-corrected chi connectivity index (χ2v) is 7.44. The van der Waals surface area contributed by atoms with Crippen LogP contribution in [-0.4, -0.2) is 91.3 Å². The number of hydrogen-bond donors (Lipinski definition) is 2. The predicted molar refractivity (Wildman–Crippen MR) is 89.5 cm³/mol. The molecular weight excluding hydrogens is 344 g/mol. The largest absolute Gasteiger partial charge is 0.376 e. The maximum atomic E-state index is 12.3. The Morgan fingerprint density at radius 3 is 1.23 bits per heavy atom. The molecule has 2 saturated heterocycles. The van der Waals surface area contributed by atoms with Gasteiger partial charge in [-0.1, -0.05) is 0 Å². The maximum absolute atomic E-state index is 12.3. The topological polar surface area (TPSA) is 122 Å². The van der Waals surface area contributed by atoms with Crippen molar-refractivity contribution < 1.29 is 29.4 Å². The fraction of sp³-hybridized carbons (Fsp3) is 0.750. The number of urea groups is 2. The molecule has 146 valence electrons. The van der Waals surface area contributed by atoms with Gasteiger partial charge in [0.15, 0.2) is 0 Å². The van der Waals surface area contributed by atoms with Crippen LogP contribution in [0.1, 0.15) is 40.5 Å². The molecule has 0 aromatic rings. The first-order chi connectivity index (χ1) is 12.0. The Morgan fingerprint density at radius 1 is 0.692 bits per heavy atom. The molecule has 0 radical (unpaired) electrons. The summed E-state index contributed by atoms with van der Waals surface area (Å²) in [4.78, 5) is 53.4. The minimum absolute atomic E-state index is 0.140. The van der Waals surface area contributed by atoms with Gasteiger partial charge in [0.25, 0.3) is 11.8 Å². The van der Waals surface area contributed by atoms with E-state index in [1.807, 2.05) is 0 Å². The molecule has 0 saturated carbocycles. The summed E-state index contributed by atoms with van der Waals surface area (Å²) >= 11 is 0. The van der Waals surface area contributed by atoms with Crippen LogP contribution in [0.3, 0.4) is 0 Å². The molecule has 2 fully saturated rings. The number of amides is 6. The van der Waals surface area contributed by atoms with Gasteiger partial charge in [-0.3, -0.25) is 29.2 Å². The van der Waals surface area contributed by atoms with Crippen molar-refractivity contribution in [2.75, 3.05) is 26.6 Å². The summed E-state index contributed by atoms with van der Waals surface area (Å²) in [5.41, 5.74) is -2.20. The van der Waals surface area contributed by atoms with Crippen LogP contribution in [0.25, 0.3) is 0 Å². The van der Waals surface area contributed by atoms with E-state index in [4.69, 9.17) is 0 Å². The quantitative estimate of drug-likeness (QED) is 0.471. The average Bonchev–Trinajstić information content (AvgIpc) is 2.83. The molecular formula is C16H26N4O6. The van der Waals surface area contributed by atoms with E-state index in [9.17, 15) is 29.4 Å². The van der Waals surface area contributed by atoms with Crippen LogP contribution in [0.15, 0.2) is 0 Å². The molecule has 2 aliphatic rings. The lowest BCUT2D eigenvalue weighted by Gasteiger charge is -2.24. The van der Waals surface area contributed by atoms with Gasteiger partial charge in [-0.05, 0) is 40.5 Å². The molecule has 2 heterocycles. The summed E-state index contributed by atoms with van der Waals surface area (Å²) in [6, 6.07) is -1.10. The molecule has 2 aliphatic heterocycles. The lowest BCUT2D eigenvalue weighted by molar-refractivity contribution is -0.133. The van der Waals surface area contributed by atoms with E-state index in [0.29, 0.717) is 12.8 Å². The zero-order chi connectivity index (χ0) is 19.9. The zero-order valence-corrected chi connectivity index (χ0v) is 15.6. The van der Waals surface area contributed by atoms with Crippen LogP contribution in [0, 0.1) is 0 Å². The van der Waals surface area contributed by atoms with Crippen LogP contribution in [0.4, 0.5) is 9.59 Å². The molecule has 0 aromatic carbocycles. The Bertz CT molecular complexity index is 578. The van der Waals surface area contributed by atoms with E-state index in [1.54, 1.807) is 27.7 Å². The zero-order valence-electron chi connectivity index (χ0n) is 15.6. The second-order valence-electron chi connectivity index (χ2n) is 7.44. The van der Waals surface area contributed by atoms with Gasteiger partial charge in [0.1, 0.15) is 24.5 Å². The second kappa shape index (κ2) is 6.84. The minimum Gasteiger partial charge on any atom is -0.376 e. The highest BCUT2D eigenvalue weighted by Gasteiger charge is 2.51. The predicted octanol–water partition coefficient (Wildman–Crippen LogP) is -0.248. The van der Waals surface area contributed by atoms with E-state index in [2.05, 4.69) is 0 Å². The summed E-state index contributed by atoms with van der Waals surface area (Å²) in [5.74, 6) is -0.782. The third kappa shape index (κ3) is 2.92. The van der Waals surface area contributed by atoms with Gasteiger partial charge in [0.2, 0.25) is 0 Å². The minimum atomic E-state index is -1.10. The number of nitrogens with zero attached hydrogens (tertiary/aromatic N) is 4. The van der Waals surface area contributed by atoms with Crippen molar-refractivity contribution >= 4 is 23.9 Å². The fourth-order valence-electron chi connectivity index (χ4n) is 3.24. The Hall–Kier alpha value is -2.20. The molecule has 6 amide bonds. The van der Waals surface area contributed by atoms with E-state index < -0.39 is 48.4 Å². The third-order valence-electron chi connectivity index (χ3n) is 5.11. The van der Waals surface area contributed by atoms with E-state index in [1.165, 1.54) is 0 Å². The summed E-state index contributed by atoms with van der Waals surface area (Å²) in [6.45, 7) is 5.45. The highest BCUT2D eigenvalue weighted by atomic mass is 16.3. The number of imide groups is 2. The Morgan fingerprint density at radius 2 is 1.00 bits per heavy atom. The number of aliphatic hydroxyl groups excluding tert-OH is 2. The number of hydrogen-bond acceptors (Lipinski definition) is 6. The fourth-order valence-corrected chi connectivity index (χ4v) is 3.24. The van der Waals surface area contributed by atoms with Crippen LogP contribution in [-0.2, 0) is 9.59 Å². The van der Waals surface area contributed by atoms with Gasteiger partial charge >= 0.3 is 12.1 Å². The van der Waals surface area contributed by atoms with Crippen molar-refractivity contribution in [1.29, 1.82) is 0 Å². The molecule has 0 aliphatic carbocycles. The van der Waals surface area contributed by atoms with Gasteiger partial charge in [0.05, 0.1) is 0 Å². The summed E-state index contributed by atoms with van der Waals surface area (Å²) in [7, 11) is 0. The molecule has 0 spiro atoms. The standard InChI is InChI=1S/C16H26N4O6/c1-15(2)11(23)17(13(25)19(15)9-21)7-5-6-8-18-12(24)16(3,4)20(10-22)14(18)26/h21-22H,5-10H2,1-4H3. The number of unbranched alkanes of at least 4 members (excludes halogenated alkanes) is 1.